The minimum Gasteiger partial charge on any atom is -0.481 e. The highest BCUT2D eigenvalue weighted by Crippen LogP contribution is 2.20. The maximum atomic E-state index is 12.3. The number of aryl methyl sites for hydroxylation is 2. The number of carboxylic acid groups (broad SMARTS) is 1. The summed E-state index contributed by atoms with van der Waals surface area (Å²) in [6, 6.07) is 5.10. The lowest BCUT2D eigenvalue weighted by Crippen LogP contribution is -2.29. The van der Waals surface area contributed by atoms with Gasteiger partial charge in [-0.15, -0.1) is 0 Å². The van der Waals surface area contributed by atoms with Crippen LogP contribution in [0.1, 0.15) is 31.4 Å². The predicted octanol–water partition coefficient (Wildman–Crippen LogP) is 1.91. The first-order valence-corrected chi connectivity index (χ1v) is 8.06. The van der Waals surface area contributed by atoms with Gasteiger partial charge in [0.15, 0.2) is 0 Å². The Labute approximate surface area is 120 Å². The van der Waals surface area contributed by atoms with E-state index in [4.69, 9.17) is 5.11 Å². The van der Waals surface area contributed by atoms with Crippen molar-refractivity contribution in [3.63, 3.8) is 0 Å². The van der Waals surface area contributed by atoms with E-state index in [9.17, 15) is 13.2 Å². The van der Waals surface area contributed by atoms with Crippen molar-refractivity contribution in [1.82, 2.24) is 4.31 Å². The summed E-state index contributed by atoms with van der Waals surface area (Å²) in [5, 5.41) is 8.63. The maximum Gasteiger partial charge on any atom is 0.304 e. The van der Waals surface area contributed by atoms with Gasteiger partial charge in [-0.2, -0.15) is 0 Å². The third-order valence-electron chi connectivity index (χ3n) is 3.29. The van der Waals surface area contributed by atoms with Crippen LogP contribution < -0.4 is 0 Å². The lowest BCUT2D eigenvalue weighted by Gasteiger charge is -2.17. The molecule has 0 unspecified atom stereocenters. The SMILES string of the molecule is CCc1ccc(S(=O)(=O)N(C)CCC(=O)O)cc1CC. The number of carbonyl (C=O) groups is 1. The van der Waals surface area contributed by atoms with Gasteiger partial charge in [-0.25, -0.2) is 12.7 Å². The van der Waals surface area contributed by atoms with E-state index in [-0.39, 0.29) is 17.9 Å². The van der Waals surface area contributed by atoms with Crippen molar-refractivity contribution in [1.29, 1.82) is 0 Å². The summed E-state index contributed by atoms with van der Waals surface area (Å²) in [5.41, 5.74) is 2.15. The molecule has 1 aromatic rings. The standard InChI is InChI=1S/C14H21NO4S/c1-4-11-6-7-13(10-12(11)5-2)20(18,19)15(3)9-8-14(16)17/h6-7,10H,4-5,8-9H2,1-3H3,(H,16,17). The van der Waals surface area contributed by atoms with Crippen LogP contribution in [0.25, 0.3) is 0 Å². The van der Waals surface area contributed by atoms with Gasteiger partial charge in [-0.3, -0.25) is 4.79 Å². The summed E-state index contributed by atoms with van der Waals surface area (Å²) in [4.78, 5) is 10.8. The number of hydrogen-bond donors (Lipinski definition) is 1. The van der Waals surface area contributed by atoms with Gasteiger partial charge >= 0.3 is 5.97 Å². The molecule has 20 heavy (non-hydrogen) atoms. The fourth-order valence-electron chi connectivity index (χ4n) is 1.99. The number of rotatable bonds is 7. The Hall–Kier alpha value is -1.40. The molecule has 0 aromatic heterocycles. The zero-order valence-corrected chi connectivity index (χ0v) is 12.9. The van der Waals surface area contributed by atoms with E-state index < -0.39 is 16.0 Å². The Morgan fingerprint density at radius 1 is 1.20 bits per heavy atom. The molecule has 0 aliphatic rings. The monoisotopic (exact) mass is 299 g/mol. The number of carboxylic acids is 1. The molecule has 0 saturated heterocycles. The van der Waals surface area contributed by atoms with E-state index in [1.807, 2.05) is 19.9 Å². The van der Waals surface area contributed by atoms with Gasteiger partial charge in [0.05, 0.1) is 11.3 Å². The normalized spacial score (nSPS) is 11.8. The van der Waals surface area contributed by atoms with Gasteiger partial charge in [0.2, 0.25) is 10.0 Å². The second-order valence-electron chi connectivity index (χ2n) is 4.61. The first-order valence-electron chi connectivity index (χ1n) is 6.62. The molecular weight excluding hydrogens is 278 g/mol. The number of hydrogen-bond acceptors (Lipinski definition) is 3. The third kappa shape index (κ3) is 3.80. The minimum atomic E-state index is -3.62. The predicted molar refractivity (Wildman–Crippen MR) is 77.3 cm³/mol. The highest BCUT2D eigenvalue weighted by atomic mass is 32.2. The largest absolute Gasteiger partial charge is 0.481 e. The molecule has 0 spiro atoms. The van der Waals surface area contributed by atoms with E-state index in [0.717, 1.165) is 28.3 Å². The van der Waals surface area contributed by atoms with Gasteiger partial charge in [0.1, 0.15) is 0 Å². The van der Waals surface area contributed by atoms with E-state index in [1.165, 1.54) is 7.05 Å². The zero-order chi connectivity index (χ0) is 15.3. The smallest absolute Gasteiger partial charge is 0.304 e. The first kappa shape index (κ1) is 16.7. The van der Waals surface area contributed by atoms with Gasteiger partial charge in [0, 0.05) is 13.6 Å². The van der Waals surface area contributed by atoms with E-state index in [0.29, 0.717) is 0 Å². The summed E-state index contributed by atoms with van der Waals surface area (Å²) in [7, 11) is -2.22. The van der Waals surface area contributed by atoms with Crippen LogP contribution in [0.3, 0.4) is 0 Å². The molecule has 6 heteroatoms. The van der Waals surface area contributed by atoms with Crippen molar-refractivity contribution in [3.8, 4) is 0 Å². The number of nitrogens with zero attached hydrogens (tertiary/aromatic N) is 1. The maximum absolute atomic E-state index is 12.3. The summed E-state index contributed by atoms with van der Waals surface area (Å²) in [5.74, 6) is -1.01. The van der Waals surface area contributed by atoms with Crippen LogP contribution in [0.2, 0.25) is 0 Å². The number of sulfonamides is 1. The van der Waals surface area contributed by atoms with Crippen LogP contribution in [0.5, 0.6) is 0 Å². The molecule has 0 aliphatic heterocycles. The average Bonchev–Trinajstić information content (AvgIpc) is 2.43. The molecule has 0 amide bonds. The quantitative estimate of drug-likeness (QED) is 0.834. The second-order valence-corrected chi connectivity index (χ2v) is 6.65. The van der Waals surface area contributed by atoms with Gasteiger partial charge in [-0.1, -0.05) is 19.9 Å². The van der Waals surface area contributed by atoms with E-state index in [1.54, 1.807) is 12.1 Å². The van der Waals surface area contributed by atoms with Gasteiger partial charge < -0.3 is 5.11 Å². The second kappa shape index (κ2) is 6.85. The van der Waals surface area contributed by atoms with Crippen LogP contribution in [-0.2, 0) is 27.7 Å². The summed E-state index contributed by atoms with van der Waals surface area (Å²) >= 11 is 0. The Morgan fingerprint density at radius 3 is 2.30 bits per heavy atom. The summed E-state index contributed by atoms with van der Waals surface area (Å²) in [6.07, 6.45) is 1.42. The van der Waals surface area contributed by atoms with E-state index >= 15 is 0 Å². The van der Waals surface area contributed by atoms with Gasteiger partial charge in [-0.05, 0) is 36.1 Å². The Balaban J connectivity index is 3.06. The summed E-state index contributed by atoms with van der Waals surface area (Å²) in [6.45, 7) is 3.98. The first-order chi connectivity index (χ1) is 9.32. The van der Waals surface area contributed by atoms with Crippen LogP contribution in [0.4, 0.5) is 0 Å². The Bertz CT molecular complexity index is 581. The van der Waals surface area contributed by atoms with Gasteiger partial charge in [0.25, 0.3) is 0 Å². The topological polar surface area (TPSA) is 74.7 Å². The average molecular weight is 299 g/mol. The number of benzene rings is 1. The molecule has 1 aromatic carbocycles. The molecule has 0 saturated carbocycles. The molecule has 112 valence electrons. The third-order valence-corrected chi connectivity index (χ3v) is 5.14. The molecule has 0 bridgehead atoms. The van der Waals surface area contributed by atoms with Crippen molar-refractivity contribution in [3.05, 3.63) is 29.3 Å². The van der Waals surface area contributed by atoms with Crippen LogP contribution in [0.15, 0.2) is 23.1 Å². The molecule has 0 heterocycles. The molecule has 0 aliphatic carbocycles. The van der Waals surface area contributed by atoms with Crippen molar-refractivity contribution in [2.24, 2.45) is 0 Å². The van der Waals surface area contributed by atoms with Crippen molar-refractivity contribution in [2.45, 2.75) is 38.0 Å². The van der Waals surface area contributed by atoms with Crippen molar-refractivity contribution >= 4 is 16.0 Å². The Morgan fingerprint density at radius 2 is 1.80 bits per heavy atom. The van der Waals surface area contributed by atoms with Crippen molar-refractivity contribution < 1.29 is 18.3 Å². The van der Waals surface area contributed by atoms with Crippen LogP contribution in [0, 0.1) is 0 Å². The van der Waals surface area contributed by atoms with Crippen molar-refractivity contribution in [2.75, 3.05) is 13.6 Å². The molecule has 0 radical (unpaired) electrons. The highest BCUT2D eigenvalue weighted by Gasteiger charge is 2.21. The molecular formula is C14H21NO4S. The van der Waals surface area contributed by atoms with Crippen LogP contribution in [-0.4, -0.2) is 37.4 Å². The van der Waals surface area contributed by atoms with E-state index in [2.05, 4.69) is 0 Å². The lowest BCUT2D eigenvalue weighted by molar-refractivity contribution is -0.137. The molecule has 1 N–H and O–H groups in total. The number of aliphatic carboxylic acids is 1. The molecule has 1 rings (SSSR count). The summed E-state index contributed by atoms with van der Waals surface area (Å²) < 4.78 is 25.8. The zero-order valence-electron chi connectivity index (χ0n) is 12.1. The molecule has 0 atom stereocenters. The lowest BCUT2D eigenvalue weighted by atomic mass is 10.0. The highest BCUT2D eigenvalue weighted by molar-refractivity contribution is 7.89. The Kier molecular flexibility index (Phi) is 5.71. The fraction of sp³-hybridized carbons (Fsp3) is 0.500. The minimum absolute atomic E-state index is 0.0331. The molecule has 0 fully saturated rings. The fourth-order valence-corrected chi connectivity index (χ4v) is 3.21. The van der Waals surface area contributed by atoms with Crippen LogP contribution >= 0.6 is 0 Å². The molecule has 5 nitrogen and oxygen atoms in total.